The van der Waals surface area contributed by atoms with Gasteiger partial charge in [-0.05, 0) is 32.1 Å². The highest BCUT2D eigenvalue weighted by Gasteiger charge is 2.33. The van der Waals surface area contributed by atoms with Crippen LogP contribution in [0.2, 0.25) is 0 Å². The van der Waals surface area contributed by atoms with Gasteiger partial charge in [-0.3, -0.25) is 14.4 Å². The summed E-state index contributed by atoms with van der Waals surface area (Å²) in [5.41, 5.74) is 2.92. The summed E-state index contributed by atoms with van der Waals surface area (Å²) in [6.45, 7) is 3.61. The van der Waals surface area contributed by atoms with Gasteiger partial charge in [-0.1, -0.05) is 53.3 Å². The Morgan fingerprint density at radius 1 is 0.969 bits per heavy atom. The number of aryl methyl sites for hydroxylation is 1. The van der Waals surface area contributed by atoms with E-state index < -0.39 is 11.8 Å². The van der Waals surface area contributed by atoms with E-state index in [2.05, 4.69) is 10.3 Å². The van der Waals surface area contributed by atoms with Crippen LogP contribution >= 0.6 is 0 Å². The van der Waals surface area contributed by atoms with Crippen LogP contribution in [0.25, 0.3) is 5.69 Å². The molecule has 0 unspecified atom stereocenters. The van der Waals surface area contributed by atoms with E-state index in [1.54, 1.807) is 55.1 Å². The fourth-order valence-electron chi connectivity index (χ4n) is 3.41. The van der Waals surface area contributed by atoms with Crippen molar-refractivity contribution < 1.29 is 19.1 Å². The smallest absolute Gasteiger partial charge is 0.311 e. The van der Waals surface area contributed by atoms with Crippen molar-refractivity contribution in [3.8, 4) is 5.69 Å². The normalized spacial score (nSPS) is 13.1. The van der Waals surface area contributed by atoms with E-state index in [4.69, 9.17) is 4.74 Å². The third-order valence-corrected chi connectivity index (χ3v) is 4.91. The number of para-hydroxylation sites is 1. The second-order valence-electron chi connectivity index (χ2n) is 7.63. The highest BCUT2D eigenvalue weighted by Crippen LogP contribution is 2.28. The van der Waals surface area contributed by atoms with E-state index in [0.717, 1.165) is 11.3 Å². The maximum atomic E-state index is 13.0. The number of carbonyl (C=O) groups excluding carboxylic acids is 3. The Kier molecular flexibility index (Phi) is 5.89. The van der Waals surface area contributed by atoms with Gasteiger partial charge >= 0.3 is 5.97 Å². The number of hydrogen-bond acceptors (Lipinski definition) is 6. The zero-order valence-corrected chi connectivity index (χ0v) is 17.7. The SMILES string of the molecule is CC(C)=CC1=C(OC(=O)CCc2cn(-c3ccccc3)nn2)C(=O)c2ccccc2C1=O. The second-order valence-corrected chi connectivity index (χ2v) is 7.63. The summed E-state index contributed by atoms with van der Waals surface area (Å²) < 4.78 is 7.05. The summed E-state index contributed by atoms with van der Waals surface area (Å²) in [5.74, 6) is -1.66. The molecule has 0 fully saturated rings. The molecule has 7 heteroatoms. The molecule has 0 saturated carbocycles. The van der Waals surface area contributed by atoms with Gasteiger partial charge in [0.15, 0.2) is 11.5 Å². The predicted octanol–water partition coefficient (Wildman–Crippen LogP) is 4.04. The van der Waals surface area contributed by atoms with Crippen molar-refractivity contribution in [3.63, 3.8) is 0 Å². The summed E-state index contributed by atoms with van der Waals surface area (Å²) in [7, 11) is 0. The number of allylic oxidation sites excluding steroid dienone is 4. The molecule has 0 spiro atoms. The van der Waals surface area contributed by atoms with E-state index in [9.17, 15) is 14.4 Å². The minimum Gasteiger partial charge on any atom is -0.421 e. The number of ether oxygens (including phenoxy) is 1. The van der Waals surface area contributed by atoms with E-state index in [-0.39, 0.29) is 35.5 Å². The van der Waals surface area contributed by atoms with Crippen LogP contribution in [0.3, 0.4) is 0 Å². The van der Waals surface area contributed by atoms with Gasteiger partial charge in [0.2, 0.25) is 5.78 Å². The lowest BCUT2D eigenvalue weighted by molar-refractivity contribution is -0.139. The molecule has 0 bridgehead atoms. The van der Waals surface area contributed by atoms with Gasteiger partial charge in [-0.25, -0.2) is 4.68 Å². The van der Waals surface area contributed by atoms with Gasteiger partial charge in [0.25, 0.3) is 0 Å². The van der Waals surface area contributed by atoms with Gasteiger partial charge in [0, 0.05) is 17.5 Å². The number of carbonyl (C=O) groups is 3. The Bertz CT molecular complexity index is 1270. The van der Waals surface area contributed by atoms with Crippen molar-refractivity contribution in [2.45, 2.75) is 26.7 Å². The van der Waals surface area contributed by atoms with Gasteiger partial charge in [0.05, 0.1) is 29.6 Å². The van der Waals surface area contributed by atoms with E-state index in [1.165, 1.54) is 0 Å². The molecule has 0 N–H and O–H groups in total. The maximum absolute atomic E-state index is 13.0. The number of aromatic nitrogens is 3. The molecule has 1 aliphatic carbocycles. The average molecular weight is 427 g/mol. The molecular formula is C25H21N3O4. The third-order valence-electron chi connectivity index (χ3n) is 4.91. The maximum Gasteiger partial charge on any atom is 0.311 e. The summed E-state index contributed by atoms with van der Waals surface area (Å²) in [4.78, 5) is 38.5. The zero-order chi connectivity index (χ0) is 22.7. The van der Waals surface area contributed by atoms with Crippen LogP contribution in [-0.2, 0) is 16.0 Å². The van der Waals surface area contributed by atoms with Gasteiger partial charge in [-0.15, -0.1) is 5.10 Å². The first-order valence-electron chi connectivity index (χ1n) is 10.2. The number of fused-ring (bicyclic) bond motifs is 1. The average Bonchev–Trinajstić information content (AvgIpc) is 3.28. The first-order valence-corrected chi connectivity index (χ1v) is 10.2. The highest BCUT2D eigenvalue weighted by molar-refractivity contribution is 6.27. The van der Waals surface area contributed by atoms with E-state index in [0.29, 0.717) is 11.3 Å². The molecule has 1 heterocycles. The lowest BCUT2D eigenvalue weighted by Gasteiger charge is -2.19. The lowest BCUT2D eigenvalue weighted by atomic mass is 9.87. The molecule has 0 amide bonds. The van der Waals surface area contributed by atoms with Crippen molar-refractivity contribution in [1.29, 1.82) is 0 Å². The highest BCUT2D eigenvalue weighted by atomic mass is 16.5. The molecule has 32 heavy (non-hydrogen) atoms. The number of rotatable bonds is 6. The molecule has 7 nitrogen and oxygen atoms in total. The van der Waals surface area contributed by atoms with Crippen molar-refractivity contribution in [1.82, 2.24) is 15.0 Å². The van der Waals surface area contributed by atoms with Crippen LogP contribution in [0, 0.1) is 0 Å². The summed E-state index contributed by atoms with van der Waals surface area (Å²) in [5, 5.41) is 8.16. The lowest BCUT2D eigenvalue weighted by Crippen LogP contribution is -2.24. The van der Waals surface area contributed by atoms with Crippen LogP contribution in [0.15, 0.2) is 83.8 Å². The van der Waals surface area contributed by atoms with Crippen LogP contribution in [0.1, 0.15) is 46.7 Å². The van der Waals surface area contributed by atoms with Gasteiger partial charge in [0.1, 0.15) is 0 Å². The van der Waals surface area contributed by atoms with Crippen molar-refractivity contribution in [3.05, 3.63) is 101 Å². The molecule has 0 aliphatic heterocycles. The molecule has 0 saturated heterocycles. The van der Waals surface area contributed by atoms with Crippen LogP contribution in [-0.4, -0.2) is 32.5 Å². The largest absolute Gasteiger partial charge is 0.421 e. The fourth-order valence-corrected chi connectivity index (χ4v) is 3.41. The molecule has 1 aliphatic rings. The quantitative estimate of drug-likeness (QED) is 0.552. The molecule has 4 rings (SSSR count). The number of Topliss-reactive ketones (excluding diaryl/α,β-unsaturated/α-hetero) is 2. The molecule has 1 aromatic heterocycles. The van der Waals surface area contributed by atoms with E-state index >= 15 is 0 Å². The van der Waals surface area contributed by atoms with Crippen molar-refractivity contribution in [2.24, 2.45) is 0 Å². The molecular weight excluding hydrogens is 406 g/mol. The topological polar surface area (TPSA) is 91.2 Å². The number of nitrogens with zero attached hydrogens (tertiary/aromatic N) is 3. The first kappa shape index (κ1) is 21.1. The molecule has 3 aromatic rings. The molecule has 160 valence electrons. The Morgan fingerprint density at radius 2 is 1.62 bits per heavy atom. The minimum absolute atomic E-state index is 0.0117. The summed E-state index contributed by atoms with van der Waals surface area (Å²) >= 11 is 0. The fraction of sp³-hybridized carbons (Fsp3) is 0.160. The Hall–Kier alpha value is -4.13. The van der Waals surface area contributed by atoms with E-state index in [1.807, 2.05) is 30.3 Å². The Morgan fingerprint density at radius 3 is 2.31 bits per heavy atom. The van der Waals surface area contributed by atoms with Gasteiger partial charge < -0.3 is 4.74 Å². The van der Waals surface area contributed by atoms with Crippen molar-refractivity contribution >= 4 is 17.5 Å². The third kappa shape index (κ3) is 4.32. The van der Waals surface area contributed by atoms with Crippen LogP contribution < -0.4 is 0 Å². The minimum atomic E-state index is -0.616. The number of esters is 1. The molecule has 0 atom stereocenters. The number of benzene rings is 2. The van der Waals surface area contributed by atoms with Crippen molar-refractivity contribution in [2.75, 3.05) is 0 Å². The summed E-state index contributed by atoms with van der Waals surface area (Å²) in [6, 6.07) is 16.0. The van der Waals surface area contributed by atoms with Crippen LogP contribution in [0.4, 0.5) is 0 Å². The first-order chi connectivity index (χ1) is 15.4. The monoisotopic (exact) mass is 427 g/mol. The number of ketones is 2. The molecule has 2 aromatic carbocycles. The Labute approximate surface area is 185 Å². The summed E-state index contributed by atoms with van der Waals surface area (Å²) in [6.07, 6.45) is 3.59. The second kappa shape index (κ2) is 8.93. The van der Waals surface area contributed by atoms with Gasteiger partial charge in [-0.2, -0.15) is 0 Å². The molecule has 0 radical (unpaired) electrons. The number of hydrogen-bond donors (Lipinski definition) is 0. The van der Waals surface area contributed by atoms with Crippen LogP contribution in [0.5, 0.6) is 0 Å². The Balaban J connectivity index is 1.51. The standard InChI is InChI=1S/C25H21N3O4/c1-16(2)14-21-23(30)19-10-6-7-11-20(19)24(31)25(21)32-22(29)13-12-17-15-28(27-26-17)18-8-4-3-5-9-18/h3-11,14-15H,12-13H2,1-2H3. The zero-order valence-electron chi connectivity index (χ0n) is 17.7. The predicted molar refractivity (Wildman–Crippen MR) is 117 cm³/mol.